The summed E-state index contributed by atoms with van der Waals surface area (Å²) in [5.74, 6) is 0.0266. The molecule has 1 N–H and O–H groups in total. The molecule has 0 saturated heterocycles. The SMILES string of the molecule is CN(C)C(=O)CNCCc1ccc([N+](=O)[O-])cc1. The van der Waals surface area contributed by atoms with Crippen LogP contribution in [0.15, 0.2) is 24.3 Å². The van der Waals surface area contributed by atoms with Crippen LogP contribution in [0, 0.1) is 10.1 Å². The number of hydrogen-bond donors (Lipinski definition) is 1. The van der Waals surface area contributed by atoms with Gasteiger partial charge in [0.15, 0.2) is 0 Å². The third kappa shape index (κ3) is 4.50. The van der Waals surface area contributed by atoms with Crippen LogP contribution in [0.2, 0.25) is 0 Å². The molecular weight excluding hydrogens is 234 g/mol. The molecule has 0 aliphatic rings. The fraction of sp³-hybridized carbons (Fsp3) is 0.417. The number of carbonyl (C=O) groups excluding carboxylic acids is 1. The number of hydrogen-bond acceptors (Lipinski definition) is 4. The number of nitro groups is 1. The van der Waals surface area contributed by atoms with E-state index in [4.69, 9.17) is 0 Å². The van der Waals surface area contributed by atoms with Crippen LogP contribution in [0.4, 0.5) is 5.69 Å². The molecule has 1 aromatic carbocycles. The Morgan fingerprint density at radius 2 is 1.94 bits per heavy atom. The van der Waals surface area contributed by atoms with Crippen LogP contribution in [0.25, 0.3) is 0 Å². The van der Waals surface area contributed by atoms with E-state index in [2.05, 4.69) is 5.32 Å². The number of non-ortho nitro benzene ring substituents is 1. The standard InChI is InChI=1S/C12H17N3O3/c1-14(2)12(16)9-13-8-7-10-3-5-11(6-4-10)15(17)18/h3-6,13H,7-9H2,1-2H3. The average molecular weight is 251 g/mol. The molecule has 1 aromatic rings. The first-order valence-corrected chi connectivity index (χ1v) is 5.65. The first-order chi connectivity index (χ1) is 8.50. The van der Waals surface area contributed by atoms with Crippen LogP contribution < -0.4 is 5.32 Å². The molecule has 0 bridgehead atoms. The normalized spacial score (nSPS) is 10.1. The quantitative estimate of drug-likeness (QED) is 0.461. The van der Waals surface area contributed by atoms with Crippen molar-refractivity contribution in [1.82, 2.24) is 10.2 Å². The second-order valence-electron chi connectivity index (χ2n) is 4.14. The van der Waals surface area contributed by atoms with Gasteiger partial charge in [0.1, 0.15) is 0 Å². The predicted molar refractivity (Wildman–Crippen MR) is 68.4 cm³/mol. The number of amides is 1. The Labute approximate surface area is 106 Å². The van der Waals surface area contributed by atoms with Gasteiger partial charge in [0.2, 0.25) is 5.91 Å². The lowest BCUT2D eigenvalue weighted by Gasteiger charge is -2.10. The zero-order valence-electron chi connectivity index (χ0n) is 10.5. The number of nitro benzene ring substituents is 1. The molecule has 0 aliphatic carbocycles. The van der Waals surface area contributed by atoms with Gasteiger partial charge in [0, 0.05) is 26.2 Å². The molecule has 1 rings (SSSR count). The summed E-state index contributed by atoms with van der Waals surface area (Å²) < 4.78 is 0. The van der Waals surface area contributed by atoms with Crippen molar-refractivity contribution in [1.29, 1.82) is 0 Å². The van der Waals surface area contributed by atoms with Crippen LogP contribution in [-0.2, 0) is 11.2 Å². The van der Waals surface area contributed by atoms with Crippen molar-refractivity contribution in [2.24, 2.45) is 0 Å². The molecule has 0 radical (unpaired) electrons. The van der Waals surface area contributed by atoms with Crippen molar-refractivity contribution in [3.05, 3.63) is 39.9 Å². The van der Waals surface area contributed by atoms with E-state index in [0.29, 0.717) is 13.1 Å². The third-order valence-corrected chi connectivity index (χ3v) is 2.51. The summed E-state index contributed by atoms with van der Waals surface area (Å²) in [5.41, 5.74) is 1.10. The maximum atomic E-state index is 11.3. The molecule has 0 aromatic heterocycles. The molecule has 0 spiro atoms. The largest absolute Gasteiger partial charge is 0.348 e. The molecule has 6 heteroatoms. The van der Waals surface area contributed by atoms with Crippen LogP contribution >= 0.6 is 0 Å². The Bertz CT molecular complexity index is 415. The summed E-state index contributed by atoms with van der Waals surface area (Å²) in [6.45, 7) is 0.970. The number of benzene rings is 1. The molecule has 0 heterocycles. The molecule has 18 heavy (non-hydrogen) atoms. The molecule has 6 nitrogen and oxygen atoms in total. The Morgan fingerprint density at radius 1 is 1.33 bits per heavy atom. The van der Waals surface area contributed by atoms with Gasteiger partial charge in [-0.2, -0.15) is 0 Å². The maximum Gasteiger partial charge on any atom is 0.269 e. The Balaban J connectivity index is 2.31. The van der Waals surface area contributed by atoms with E-state index < -0.39 is 4.92 Å². The van der Waals surface area contributed by atoms with Crippen LogP contribution in [-0.4, -0.2) is 42.9 Å². The zero-order valence-corrected chi connectivity index (χ0v) is 10.5. The molecule has 98 valence electrons. The number of likely N-dealkylation sites (N-methyl/N-ethyl adjacent to an activating group) is 1. The van der Waals surface area contributed by atoms with Crippen molar-refractivity contribution in [2.75, 3.05) is 27.2 Å². The highest BCUT2D eigenvalue weighted by atomic mass is 16.6. The van der Waals surface area contributed by atoms with Crippen molar-refractivity contribution in [2.45, 2.75) is 6.42 Å². The Morgan fingerprint density at radius 3 is 2.44 bits per heavy atom. The lowest BCUT2D eigenvalue weighted by Crippen LogP contribution is -2.33. The van der Waals surface area contributed by atoms with E-state index >= 15 is 0 Å². The third-order valence-electron chi connectivity index (χ3n) is 2.51. The highest BCUT2D eigenvalue weighted by Gasteiger charge is 2.04. The van der Waals surface area contributed by atoms with Gasteiger partial charge in [-0.25, -0.2) is 0 Å². The van der Waals surface area contributed by atoms with Gasteiger partial charge in [-0.05, 0) is 18.5 Å². The Kier molecular flexibility index (Phi) is 5.26. The zero-order chi connectivity index (χ0) is 13.5. The van der Waals surface area contributed by atoms with Crippen molar-refractivity contribution < 1.29 is 9.72 Å². The lowest BCUT2D eigenvalue weighted by molar-refractivity contribution is -0.384. The molecule has 0 unspecified atom stereocenters. The second kappa shape index (κ2) is 6.70. The molecule has 0 aliphatic heterocycles. The molecule has 0 atom stereocenters. The summed E-state index contributed by atoms with van der Waals surface area (Å²) in [7, 11) is 3.42. The van der Waals surface area contributed by atoms with E-state index in [1.54, 1.807) is 26.2 Å². The Hall–Kier alpha value is -1.95. The number of nitrogens with one attached hydrogen (secondary N) is 1. The summed E-state index contributed by atoms with van der Waals surface area (Å²) in [4.78, 5) is 22.8. The van der Waals surface area contributed by atoms with Gasteiger partial charge in [0.05, 0.1) is 11.5 Å². The van der Waals surface area contributed by atoms with Gasteiger partial charge >= 0.3 is 0 Å². The van der Waals surface area contributed by atoms with E-state index in [1.165, 1.54) is 17.0 Å². The molecular formula is C12H17N3O3. The average Bonchev–Trinajstić information content (AvgIpc) is 2.34. The minimum Gasteiger partial charge on any atom is -0.348 e. The smallest absolute Gasteiger partial charge is 0.269 e. The molecule has 0 saturated carbocycles. The van der Waals surface area contributed by atoms with Crippen LogP contribution in [0.1, 0.15) is 5.56 Å². The minimum absolute atomic E-state index is 0.0266. The first-order valence-electron chi connectivity index (χ1n) is 5.65. The second-order valence-corrected chi connectivity index (χ2v) is 4.14. The number of nitrogens with zero attached hydrogens (tertiary/aromatic N) is 2. The summed E-state index contributed by atoms with van der Waals surface area (Å²) in [6, 6.07) is 6.43. The van der Waals surface area contributed by atoms with E-state index in [0.717, 1.165) is 12.0 Å². The van der Waals surface area contributed by atoms with Crippen molar-refractivity contribution in [3.8, 4) is 0 Å². The first kappa shape index (κ1) is 14.1. The maximum absolute atomic E-state index is 11.3. The number of rotatable bonds is 6. The number of carbonyl (C=O) groups is 1. The predicted octanol–water partition coefficient (Wildman–Crippen LogP) is 0.815. The summed E-state index contributed by atoms with van der Waals surface area (Å²) >= 11 is 0. The monoisotopic (exact) mass is 251 g/mol. The van der Waals surface area contributed by atoms with Crippen LogP contribution in [0.5, 0.6) is 0 Å². The van der Waals surface area contributed by atoms with Gasteiger partial charge in [-0.3, -0.25) is 14.9 Å². The van der Waals surface area contributed by atoms with Gasteiger partial charge in [0.25, 0.3) is 5.69 Å². The summed E-state index contributed by atoms with van der Waals surface area (Å²) in [5, 5.41) is 13.5. The molecule has 1 amide bonds. The molecule has 0 fully saturated rings. The van der Waals surface area contributed by atoms with Gasteiger partial charge in [-0.15, -0.1) is 0 Å². The highest BCUT2D eigenvalue weighted by Crippen LogP contribution is 2.11. The van der Waals surface area contributed by atoms with Crippen LogP contribution in [0.3, 0.4) is 0 Å². The fourth-order valence-electron chi connectivity index (χ4n) is 1.37. The topological polar surface area (TPSA) is 75.5 Å². The van der Waals surface area contributed by atoms with Gasteiger partial charge in [-0.1, -0.05) is 12.1 Å². The highest BCUT2D eigenvalue weighted by molar-refractivity contribution is 5.77. The minimum atomic E-state index is -0.419. The fourth-order valence-corrected chi connectivity index (χ4v) is 1.37. The summed E-state index contributed by atoms with van der Waals surface area (Å²) in [6.07, 6.45) is 0.735. The van der Waals surface area contributed by atoms with E-state index in [9.17, 15) is 14.9 Å². The van der Waals surface area contributed by atoms with E-state index in [-0.39, 0.29) is 11.6 Å². The van der Waals surface area contributed by atoms with Crippen molar-refractivity contribution in [3.63, 3.8) is 0 Å². The lowest BCUT2D eigenvalue weighted by atomic mass is 10.1. The van der Waals surface area contributed by atoms with Gasteiger partial charge < -0.3 is 10.2 Å². The van der Waals surface area contributed by atoms with Crippen molar-refractivity contribution >= 4 is 11.6 Å². The van der Waals surface area contributed by atoms with E-state index in [1.807, 2.05) is 0 Å².